The van der Waals surface area contributed by atoms with E-state index in [1.165, 1.54) is 0 Å². The van der Waals surface area contributed by atoms with Crippen molar-refractivity contribution in [2.75, 3.05) is 6.54 Å². The van der Waals surface area contributed by atoms with Gasteiger partial charge >= 0.3 is 5.97 Å². The Morgan fingerprint density at radius 1 is 0.865 bits per heavy atom. The highest BCUT2D eigenvalue weighted by atomic mass is 16.5. The van der Waals surface area contributed by atoms with Gasteiger partial charge in [-0.25, -0.2) is 0 Å². The SMILES string of the molecule is O=C(C[C@@H]1C/C=C/CCC(=O)O[C@@H](c2ccccc2)CNC1=O)NCc1ccc(-c2ccccc2)cc1. The number of cyclic esters (lactones) is 1. The summed E-state index contributed by atoms with van der Waals surface area (Å²) in [6, 6.07) is 27.6. The molecule has 1 aliphatic heterocycles. The zero-order chi connectivity index (χ0) is 25.9. The van der Waals surface area contributed by atoms with E-state index in [-0.39, 0.29) is 37.2 Å². The van der Waals surface area contributed by atoms with Crippen LogP contribution in [0.2, 0.25) is 0 Å². The van der Waals surface area contributed by atoms with E-state index in [9.17, 15) is 14.4 Å². The lowest BCUT2D eigenvalue weighted by atomic mass is 9.98. The van der Waals surface area contributed by atoms with E-state index >= 15 is 0 Å². The number of hydrogen-bond donors (Lipinski definition) is 2. The first-order chi connectivity index (χ1) is 18.1. The normalized spacial score (nSPS) is 19.5. The number of hydrogen-bond acceptors (Lipinski definition) is 4. The summed E-state index contributed by atoms with van der Waals surface area (Å²) >= 11 is 0. The number of carbonyl (C=O) groups excluding carboxylic acids is 3. The fraction of sp³-hybridized carbons (Fsp3) is 0.258. The molecule has 190 valence electrons. The van der Waals surface area contributed by atoms with Crippen LogP contribution in [0.25, 0.3) is 11.1 Å². The summed E-state index contributed by atoms with van der Waals surface area (Å²) in [5.74, 6) is -1.23. The number of allylic oxidation sites excluding steroid dienone is 2. The standard InChI is InChI=1S/C31H32N2O4/c34-29(32-21-23-16-18-25(19-17-23)24-10-4-1-5-11-24)20-27-14-8-3-9-15-30(35)37-28(22-33-31(27)36)26-12-6-2-7-13-26/h1-8,10-13,16-19,27-28H,9,14-15,20-22H2,(H,32,34)(H,33,36)/b8-3+/t27-,28+/m0/s1. The summed E-state index contributed by atoms with van der Waals surface area (Å²) in [6.45, 7) is 0.550. The molecule has 3 aromatic rings. The first-order valence-corrected chi connectivity index (χ1v) is 12.7. The predicted molar refractivity (Wildman–Crippen MR) is 143 cm³/mol. The highest BCUT2D eigenvalue weighted by molar-refractivity contribution is 5.86. The van der Waals surface area contributed by atoms with Gasteiger partial charge in [0.2, 0.25) is 11.8 Å². The molecule has 37 heavy (non-hydrogen) atoms. The molecule has 2 amide bonds. The maximum Gasteiger partial charge on any atom is 0.306 e. The highest BCUT2D eigenvalue weighted by Crippen LogP contribution is 2.21. The minimum atomic E-state index is -0.575. The Labute approximate surface area is 217 Å². The van der Waals surface area contributed by atoms with E-state index in [1.807, 2.05) is 84.9 Å². The van der Waals surface area contributed by atoms with Gasteiger partial charge in [0.25, 0.3) is 0 Å². The van der Waals surface area contributed by atoms with Crippen molar-refractivity contribution < 1.29 is 19.1 Å². The summed E-state index contributed by atoms with van der Waals surface area (Å²) < 4.78 is 5.63. The maximum absolute atomic E-state index is 13.0. The van der Waals surface area contributed by atoms with E-state index in [1.54, 1.807) is 0 Å². The average Bonchev–Trinajstić information content (AvgIpc) is 2.93. The minimum Gasteiger partial charge on any atom is -0.456 e. The smallest absolute Gasteiger partial charge is 0.306 e. The highest BCUT2D eigenvalue weighted by Gasteiger charge is 2.24. The van der Waals surface area contributed by atoms with Crippen molar-refractivity contribution in [3.8, 4) is 11.1 Å². The Balaban J connectivity index is 1.34. The number of nitrogens with one attached hydrogen (secondary N) is 2. The van der Waals surface area contributed by atoms with Crippen LogP contribution in [-0.2, 0) is 25.7 Å². The summed E-state index contributed by atoms with van der Waals surface area (Å²) in [7, 11) is 0. The van der Waals surface area contributed by atoms with E-state index < -0.39 is 12.0 Å². The zero-order valence-electron chi connectivity index (χ0n) is 20.8. The lowest BCUT2D eigenvalue weighted by Crippen LogP contribution is -2.37. The van der Waals surface area contributed by atoms with E-state index in [4.69, 9.17) is 4.74 Å². The van der Waals surface area contributed by atoms with Crippen molar-refractivity contribution >= 4 is 17.8 Å². The number of esters is 1. The van der Waals surface area contributed by atoms with Crippen LogP contribution in [0.4, 0.5) is 0 Å². The molecule has 2 atom stereocenters. The third kappa shape index (κ3) is 7.90. The van der Waals surface area contributed by atoms with Gasteiger partial charge in [-0.2, -0.15) is 0 Å². The lowest BCUT2D eigenvalue weighted by Gasteiger charge is -2.21. The number of carbonyl (C=O) groups is 3. The van der Waals surface area contributed by atoms with Crippen LogP contribution < -0.4 is 10.6 Å². The van der Waals surface area contributed by atoms with Crippen LogP contribution in [-0.4, -0.2) is 24.3 Å². The first-order valence-electron chi connectivity index (χ1n) is 12.7. The maximum atomic E-state index is 13.0. The molecule has 0 aliphatic carbocycles. The van der Waals surface area contributed by atoms with Gasteiger partial charge in [-0.3, -0.25) is 14.4 Å². The van der Waals surface area contributed by atoms with Gasteiger partial charge in [-0.05, 0) is 35.1 Å². The molecule has 0 saturated carbocycles. The summed E-state index contributed by atoms with van der Waals surface area (Å²) in [5.41, 5.74) is 4.07. The average molecular weight is 497 g/mol. The van der Waals surface area contributed by atoms with Crippen LogP contribution >= 0.6 is 0 Å². The van der Waals surface area contributed by atoms with Crippen LogP contribution in [0.1, 0.15) is 42.9 Å². The Morgan fingerprint density at radius 3 is 2.27 bits per heavy atom. The first kappa shape index (κ1) is 25.9. The van der Waals surface area contributed by atoms with E-state index in [0.717, 1.165) is 22.3 Å². The monoisotopic (exact) mass is 496 g/mol. The Hall–Kier alpha value is -4.19. The quantitative estimate of drug-likeness (QED) is 0.367. The van der Waals surface area contributed by atoms with E-state index in [2.05, 4.69) is 22.8 Å². The molecular weight excluding hydrogens is 464 g/mol. The summed E-state index contributed by atoms with van der Waals surface area (Å²) in [4.78, 5) is 38.0. The van der Waals surface area contributed by atoms with Crippen LogP contribution in [0.3, 0.4) is 0 Å². The molecule has 2 N–H and O–H groups in total. The number of amides is 2. The molecule has 1 aliphatic rings. The second-order valence-corrected chi connectivity index (χ2v) is 9.12. The van der Waals surface area contributed by atoms with Crippen molar-refractivity contribution in [1.82, 2.24) is 10.6 Å². The fourth-order valence-electron chi connectivity index (χ4n) is 4.26. The van der Waals surface area contributed by atoms with Crippen molar-refractivity contribution in [2.45, 2.75) is 38.3 Å². The molecule has 4 rings (SSSR count). The van der Waals surface area contributed by atoms with Gasteiger partial charge in [-0.15, -0.1) is 0 Å². The second-order valence-electron chi connectivity index (χ2n) is 9.12. The van der Waals surface area contributed by atoms with Gasteiger partial charge in [0.15, 0.2) is 0 Å². The molecule has 0 aromatic heterocycles. The lowest BCUT2D eigenvalue weighted by molar-refractivity contribution is -0.150. The minimum absolute atomic E-state index is 0.0774. The summed E-state index contributed by atoms with van der Waals surface area (Å²) in [5, 5.41) is 5.83. The van der Waals surface area contributed by atoms with E-state index in [0.29, 0.717) is 19.4 Å². The molecule has 0 radical (unpaired) electrons. The molecule has 3 aromatic carbocycles. The summed E-state index contributed by atoms with van der Waals surface area (Å²) in [6.07, 6.45) is 4.46. The Bertz CT molecular complexity index is 1210. The number of rotatable bonds is 6. The Morgan fingerprint density at radius 2 is 1.54 bits per heavy atom. The van der Waals surface area contributed by atoms with Crippen molar-refractivity contribution in [3.05, 3.63) is 108 Å². The molecule has 6 heteroatoms. The Kier molecular flexibility index (Phi) is 9.24. The molecule has 6 nitrogen and oxygen atoms in total. The predicted octanol–water partition coefficient (Wildman–Crippen LogP) is 5.12. The van der Waals surface area contributed by atoms with Gasteiger partial charge < -0.3 is 15.4 Å². The van der Waals surface area contributed by atoms with Crippen molar-refractivity contribution in [3.63, 3.8) is 0 Å². The molecule has 0 bridgehead atoms. The largest absolute Gasteiger partial charge is 0.456 e. The van der Waals surface area contributed by atoms with Crippen LogP contribution in [0, 0.1) is 5.92 Å². The molecule has 0 spiro atoms. The number of benzene rings is 3. The van der Waals surface area contributed by atoms with Crippen molar-refractivity contribution in [1.29, 1.82) is 0 Å². The van der Waals surface area contributed by atoms with Crippen LogP contribution in [0.5, 0.6) is 0 Å². The molecule has 1 heterocycles. The third-order valence-electron chi connectivity index (χ3n) is 6.36. The second kappa shape index (κ2) is 13.2. The van der Waals surface area contributed by atoms with Gasteiger partial charge in [0, 0.05) is 19.4 Å². The van der Waals surface area contributed by atoms with Gasteiger partial charge in [-0.1, -0.05) is 97.1 Å². The molecular formula is C31H32N2O4. The van der Waals surface area contributed by atoms with Gasteiger partial charge in [0.1, 0.15) is 6.10 Å². The van der Waals surface area contributed by atoms with Gasteiger partial charge in [0.05, 0.1) is 12.5 Å². The van der Waals surface area contributed by atoms with Crippen LogP contribution in [0.15, 0.2) is 97.1 Å². The molecule has 0 fully saturated rings. The molecule has 0 saturated heterocycles. The van der Waals surface area contributed by atoms with Crippen molar-refractivity contribution in [2.24, 2.45) is 5.92 Å². The number of ether oxygens (including phenoxy) is 1. The topological polar surface area (TPSA) is 84.5 Å². The third-order valence-corrected chi connectivity index (χ3v) is 6.36. The zero-order valence-corrected chi connectivity index (χ0v) is 20.8. The molecule has 0 unspecified atom stereocenters. The fourth-order valence-corrected chi connectivity index (χ4v) is 4.26.